The Morgan fingerprint density at radius 3 is 3.00 bits per heavy atom. The van der Waals surface area contributed by atoms with Crippen molar-refractivity contribution in [2.75, 3.05) is 6.54 Å². The Hall–Kier alpha value is -1.33. The lowest BCUT2D eigenvalue weighted by atomic mass is 10.1. The summed E-state index contributed by atoms with van der Waals surface area (Å²) in [7, 11) is 1.86. The third kappa shape index (κ3) is 3.36. The summed E-state index contributed by atoms with van der Waals surface area (Å²) in [5.41, 5.74) is 0.839. The molecule has 3 rings (SSSR count). The second kappa shape index (κ2) is 6.84. The fourth-order valence-electron chi connectivity index (χ4n) is 3.06. The first kappa shape index (κ1) is 15.6. The highest BCUT2D eigenvalue weighted by Crippen LogP contribution is 2.33. The van der Waals surface area contributed by atoms with Crippen LogP contribution in [0, 0.1) is 0 Å². The SMILES string of the molecule is Cn1cc(Cl)c([C@H]2CCCCCN2C(=O)Cc2cccs2)n1. The molecule has 118 valence electrons. The lowest BCUT2D eigenvalue weighted by molar-refractivity contribution is -0.133. The van der Waals surface area contributed by atoms with Crippen molar-refractivity contribution in [2.45, 2.75) is 38.1 Å². The van der Waals surface area contributed by atoms with Gasteiger partial charge in [0.25, 0.3) is 0 Å². The van der Waals surface area contributed by atoms with Gasteiger partial charge in [0.1, 0.15) is 5.69 Å². The van der Waals surface area contributed by atoms with Gasteiger partial charge in [0.05, 0.1) is 17.5 Å². The van der Waals surface area contributed by atoms with Crippen molar-refractivity contribution in [3.05, 3.63) is 39.3 Å². The fourth-order valence-corrected chi connectivity index (χ4v) is 4.06. The van der Waals surface area contributed by atoms with E-state index in [1.54, 1.807) is 16.0 Å². The number of aryl methyl sites for hydroxylation is 1. The van der Waals surface area contributed by atoms with Crippen LogP contribution in [0.3, 0.4) is 0 Å². The maximum Gasteiger partial charge on any atom is 0.228 e. The molecule has 1 amide bonds. The number of hydrogen-bond acceptors (Lipinski definition) is 3. The van der Waals surface area contributed by atoms with Crippen LogP contribution in [-0.4, -0.2) is 27.1 Å². The largest absolute Gasteiger partial charge is 0.334 e. The number of thiophene rings is 1. The van der Waals surface area contributed by atoms with E-state index in [4.69, 9.17) is 11.6 Å². The van der Waals surface area contributed by atoms with Crippen molar-refractivity contribution in [2.24, 2.45) is 7.05 Å². The van der Waals surface area contributed by atoms with E-state index in [2.05, 4.69) is 5.10 Å². The van der Waals surface area contributed by atoms with Gasteiger partial charge in [-0.2, -0.15) is 5.10 Å². The second-order valence-corrected chi connectivity index (χ2v) is 7.18. The normalized spacial score (nSPS) is 19.2. The number of carbonyl (C=O) groups excluding carboxylic acids is 1. The number of halogens is 1. The van der Waals surface area contributed by atoms with E-state index < -0.39 is 0 Å². The van der Waals surface area contributed by atoms with Gasteiger partial charge >= 0.3 is 0 Å². The number of carbonyl (C=O) groups is 1. The first-order valence-corrected chi connectivity index (χ1v) is 8.92. The van der Waals surface area contributed by atoms with Gasteiger partial charge in [-0.1, -0.05) is 30.5 Å². The molecule has 0 N–H and O–H groups in total. The molecule has 1 fully saturated rings. The standard InChI is InChI=1S/C16H20ClN3OS/c1-19-11-13(17)16(18-19)14-7-3-2-4-8-20(14)15(21)10-12-6-5-9-22-12/h5-6,9,11,14H,2-4,7-8,10H2,1H3/t14-/m1/s1. The number of aromatic nitrogens is 2. The number of rotatable bonds is 3. The highest BCUT2D eigenvalue weighted by molar-refractivity contribution is 7.10. The highest BCUT2D eigenvalue weighted by Gasteiger charge is 2.30. The topological polar surface area (TPSA) is 38.1 Å². The Bertz CT molecular complexity index is 638. The molecule has 2 aromatic heterocycles. The molecule has 1 atom stereocenters. The predicted octanol–water partition coefficient (Wildman–Crippen LogP) is 3.82. The molecule has 2 aromatic rings. The summed E-state index contributed by atoms with van der Waals surface area (Å²) in [6, 6.07) is 4.01. The average Bonchev–Trinajstić information content (AvgIpc) is 3.01. The van der Waals surface area contributed by atoms with Crippen LogP contribution in [-0.2, 0) is 18.3 Å². The minimum absolute atomic E-state index is 0.00339. The van der Waals surface area contributed by atoms with Crippen LogP contribution < -0.4 is 0 Å². The lowest BCUT2D eigenvalue weighted by Crippen LogP contribution is -2.36. The number of likely N-dealkylation sites (tertiary alicyclic amines) is 1. The zero-order valence-electron chi connectivity index (χ0n) is 12.7. The summed E-state index contributed by atoms with van der Waals surface area (Å²) in [5, 5.41) is 7.17. The number of hydrogen-bond donors (Lipinski definition) is 0. The van der Waals surface area contributed by atoms with E-state index in [9.17, 15) is 4.79 Å². The third-order valence-electron chi connectivity index (χ3n) is 4.10. The van der Waals surface area contributed by atoms with Gasteiger partial charge in [0.2, 0.25) is 5.91 Å². The molecular weight excluding hydrogens is 318 g/mol. The molecule has 3 heterocycles. The molecule has 22 heavy (non-hydrogen) atoms. The van der Waals surface area contributed by atoms with Gasteiger partial charge in [0.15, 0.2) is 0 Å². The van der Waals surface area contributed by atoms with E-state index in [1.165, 1.54) is 0 Å². The van der Waals surface area contributed by atoms with E-state index in [0.29, 0.717) is 11.4 Å². The molecule has 0 unspecified atom stereocenters. The average molecular weight is 338 g/mol. The molecular formula is C16H20ClN3OS. The quantitative estimate of drug-likeness (QED) is 0.854. The maximum atomic E-state index is 12.8. The molecule has 1 aliphatic heterocycles. The molecule has 0 spiro atoms. The van der Waals surface area contributed by atoms with E-state index >= 15 is 0 Å². The Kier molecular flexibility index (Phi) is 4.84. The molecule has 0 bridgehead atoms. The summed E-state index contributed by atoms with van der Waals surface area (Å²) in [4.78, 5) is 15.9. The van der Waals surface area contributed by atoms with E-state index in [-0.39, 0.29) is 11.9 Å². The molecule has 1 aliphatic rings. The van der Waals surface area contributed by atoms with Crippen molar-refractivity contribution in [3.8, 4) is 0 Å². The summed E-state index contributed by atoms with van der Waals surface area (Å²) in [6.45, 7) is 0.793. The van der Waals surface area contributed by atoms with Crippen molar-refractivity contribution in [1.29, 1.82) is 0 Å². The molecule has 0 saturated carbocycles. The molecule has 1 saturated heterocycles. The second-order valence-electron chi connectivity index (χ2n) is 5.74. The Labute approximate surface area is 139 Å². The first-order chi connectivity index (χ1) is 10.6. The maximum absolute atomic E-state index is 12.8. The van der Waals surface area contributed by atoms with Gasteiger partial charge < -0.3 is 4.90 Å². The number of nitrogens with zero attached hydrogens (tertiary/aromatic N) is 3. The highest BCUT2D eigenvalue weighted by atomic mass is 35.5. The van der Waals surface area contributed by atoms with Crippen LogP contribution in [0.1, 0.15) is 42.3 Å². The van der Waals surface area contributed by atoms with Gasteiger partial charge in [-0.3, -0.25) is 9.48 Å². The summed E-state index contributed by atoms with van der Waals surface area (Å²) < 4.78 is 1.73. The van der Waals surface area contributed by atoms with E-state index in [1.807, 2.05) is 35.7 Å². The smallest absolute Gasteiger partial charge is 0.228 e. The summed E-state index contributed by atoms with van der Waals surface area (Å²) in [6.07, 6.45) is 6.54. The van der Waals surface area contributed by atoms with Crippen LogP contribution >= 0.6 is 22.9 Å². The minimum atomic E-state index is 0.00339. The van der Waals surface area contributed by atoms with Crippen LogP contribution in [0.5, 0.6) is 0 Å². The summed E-state index contributed by atoms with van der Waals surface area (Å²) >= 11 is 7.96. The number of amides is 1. The molecule has 0 aromatic carbocycles. The Morgan fingerprint density at radius 1 is 1.45 bits per heavy atom. The first-order valence-electron chi connectivity index (χ1n) is 7.66. The zero-order valence-corrected chi connectivity index (χ0v) is 14.2. The van der Waals surface area contributed by atoms with Crippen LogP contribution in [0.2, 0.25) is 5.02 Å². The van der Waals surface area contributed by atoms with Gasteiger partial charge in [-0.25, -0.2) is 0 Å². The summed E-state index contributed by atoms with van der Waals surface area (Å²) in [5.74, 6) is 0.177. The lowest BCUT2D eigenvalue weighted by Gasteiger charge is -2.29. The van der Waals surface area contributed by atoms with Crippen LogP contribution in [0.25, 0.3) is 0 Å². The third-order valence-corrected chi connectivity index (χ3v) is 5.27. The van der Waals surface area contributed by atoms with Crippen molar-refractivity contribution in [1.82, 2.24) is 14.7 Å². The van der Waals surface area contributed by atoms with Crippen molar-refractivity contribution >= 4 is 28.8 Å². The van der Waals surface area contributed by atoms with Crippen molar-refractivity contribution < 1.29 is 4.79 Å². The molecule has 4 nitrogen and oxygen atoms in total. The van der Waals surface area contributed by atoms with Gasteiger partial charge in [0, 0.05) is 24.7 Å². The van der Waals surface area contributed by atoms with Crippen LogP contribution in [0.15, 0.2) is 23.7 Å². The van der Waals surface area contributed by atoms with Gasteiger partial charge in [-0.05, 0) is 24.3 Å². The minimum Gasteiger partial charge on any atom is -0.334 e. The zero-order chi connectivity index (χ0) is 15.5. The monoisotopic (exact) mass is 337 g/mol. The fraction of sp³-hybridized carbons (Fsp3) is 0.500. The van der Waals surface area contributed by atoms with Gasteiger partial charge in [-0.15, -0.1) is 11.3 Å². The molecule has 0 radical (unpaired) electrons. The molecule has 6 heteroatoms. The Balaban J connectivity index is 1.84. The van der Waals surface area contributed by atoms with Crippen molar-refractivity contribution in [3.63, 3.8) is 0 Å². The predicted molar refractivity (Wildman–Crippen MR) is 89.2 cm³/mol. The Morgan fingerprint density at radius 2 is 2.32 bits per heavy atom. The van der Waals surface area contributed by atoms with Crippen LogP contribution in [0.4, 0.5) is 0 Å². The van der Waals surface area contributed by atoms with E-state index in [0.717, 1.165) is 42.8 Å². The molecule has 0 aliphatic carbocycles.